The highest BCUT2D eigenvalue weighted by molar-refractivity contribution is 5.55. The molecule has 1 atom stereocenters. The highest BCUT2D eigenvalue weighted by Gasteiger charge is 2.38. The van der Waals surface area contributed by atoms with Crippen molar-refractivity contribution in [1.29, 1.82) is 0 Å². The summed E-state index contributed by atoms with van der Waals surface area (Å²) in [7, 11) is 0. The summed E-state index contributed by atoms with van der Waals surface area (Å²) in [4.78, 5) is 16.0. The molecule has 0 unspecified atom stereocenters. The van der Waals surface area contributed by atoms with Crippen LogP contribution in [0.15, 0.2) is 36.7 Å². The van der Waals surface area contributed by atoms with Crippen LogP contribution in [0.2, 0.25) is 0 Å². The Morgan fingerprint density at radius 1 is 1.05 bits per heavy atom. The minimum atomic E-state index is 0.419. The lowest BCUT2D eigenvalue weighted by molar-refractivity contribution is 0.259. The number of pyridine rings is 1. The van der Waals surface area contributed by atoms with Crippen molar-refractivity contribution < 1.29 is 0 Å². The highest BCUT2D eigenvalue weighted by Crippen LogP contribution is 2.36. The molecule has 114 valence electrons. The van der Waals surface area contributed by atoms with E-state index in [-0.39, 0.29) is 0 Å². The lowest BCUT2D eigenvalue weighted by atomic mass is 9.79. The van der Waals surface area contributed by atoms with Crippen molar-refractivity contribution in [3.63, 3.8) is 0 Å². The summed E-state index contributed by atoms with van der Waals surface area (Å²) in [5.74, 6) is 0.842. The summed E-state index contributed by atoms with van der Waals surface area (Å²) in [5.41, 5.74) is 2.22. The molecule has 0 radical (unpaired) electrons. The maximum atomic E-state index is 4.75. The molecular weight excluding hydrogens is 274 g/mol. The van der Waals surface area contributed by atoms with Crippen LogP contribution in [-0.2, 0) is 0 Å². The molecule has 0 saturated carbocycles. The number of nitrogens with zero attached hydrogens (tertiary/aromatic N) is 4. The van der Waals surface area contributed by atoms with Crippen LogP contribution in [0.25, 0.3) is 11.4 Å². The van der Waals surface area contributed by atoms with Crippen molar-refractivity contribution in [3.8, 4) is 11.4 Å². The van der Waals surface area contributed by atoms with Crippen LogP contribution in [0.3, 0.4) is 0 Å². The minimum absolute atomic E-state index is 0.419. The second-order valence-corrected chi connectivity index (χ2v) is 6.41. The molecule has 0 aliphatic carbocycles. The van der Waals surface area contributed by atoms with Gasteiger partial charge in [0.25, 0.3) is 0 Å². The second-order valence-electron chi connectivity index (χ2n) is 6.41. The molecule has 1 N–H and O–H groups in total. The van der Waals surface area contributed by atoms with Crippen LogP contribution >= 0.6 is 0 Å². The second kappa shape index (κ2) is 5.65. The Labute approximate surface area is 130 Å². The number of piperidine rings is 1. The van der Waals surface area contributed by atoms with E-state index in [1.54, 1.807) is 6.20 Å². The monoisotopic (exact) mass is 295 g/mol. The van der Waals surface area contributed by atoms with Crippen LogP contribution < -0.4 is 10.2 Å². The molecular formula is C17H21N5. The lowest BCUT2D eigenvalue weighted by Gasteiger charge is -2.40. The maximum absolute atomic E-state index is 4.75. The number of hydrogen-bond donors (Lipinski definition) is 1. The van der Waals surface area contributed by atoms with E-state index in [1.807, 2.05) is 30.5 Å². The molecule has 22 heavy (non-hydrogen) atoms. The summed E-state index contributed by atoms with van der Waals surface area (Å²) < 4.78 is 0. The van der Waals surface area contributed by atoms with Crippen LogP contribution in [-0.4, -0.2) is 41.1 Å². The standard InChI is InChI=1S/C17H21N5/c1-2-8-19-14(4-1)15-5-9-20-16(21-15)22-11-3-6-17(13-22)7-10-18-12-17/h1-2,4-5,8-9,18H,3,6-7,10-13H2/t17-/m1/s1. The molecule has 0 bridgehead atoms. The summed E-state index contributed by atoms with van der Waals surface area (Å²) >= 11 is 0. The number of aromatic nitrogens is 3. The molecule has 2 aromatic rings. The van der Waals surface area contributed by atoms with Gasteiger partial charge in [-0.05, 0) is 44.0 Å². The van der Waals surface area contributed by atoms with E-state index < -0.39 is 0 Å². The van der Waals surface area contributed by atoms with Gasteiger partial charge in [-0.15, -0.1) is 0 Å². The zero-order valence-electron chi connectivity index (χ0n) is 12.7. The summed E-state index contributed by atoms with van der Waals surface area (Å²) in [6.45, 7) is 4.38. The molecule has 0 aromatic carbocycles. The molecule has 2 saturated heterocycles. The molecule has 2 aliphatic heterocycles. The Balaban J connectivity index is 1.60. The van der Waals surface area contributed by atoms with Gasteiger partial charge in [0.2, 0.25) is 5.95 Å². The van der Waals surface area contributed by atoms with E-state index >= 15 is 0 Å². The van der Waals surface area contributed by atoms with Gasteiger partial charge in [0.15, 0.2) is 0 Å². The van der Waals surface area contributed by atoms with Crippen molar-refractivity contribution in [2.24, 2.45) is 5.41 Å². The number of nitrogens with one attached hydrogen (secondary N) is 1. The number of hydrogen-bond acceptors (Lipinski definition) is 5. The van der Waals surface area contributed by atoms with E-state index in [0.29, 0.717) is 5.41 Å². The molecule has 4 heterocycles. The quantitative estimate of drug-likeness (QED) is 0.919. The fourth-order valence-electron chi connectivity index (χ4n) is 3.68. The largest absolute Gasteiger partial charge is 0.340 e. The van der Waals surface area contributed by atoms with Crippen LogP contribution in [0.4, 0.5) is 5.95 Å². The first kappa shape index (κ1) is 13.6. The predicted octanol–water partition coefficient (Wildman–Crippen LogP) is 2.12. The van der Waals surface area contributed by atoms with Crippen LogP contribution in [0.5, 0.6) is 0 Å². The van der Waals surface area contributed by atoms with Gasteiger partial charge in [0, 0.05) is 37.4 Å². The van der Waals surface area contributed by atoms with Gasteiger partial charge in [-0.2, -0.15) is 0 Å². The highest BCUT2D eigenvalue weighted by atomic mass is 15.3. The van der Waals surface area contributed by atoms with Gasteiger partial charge in [-0.25, -0.2) is 9.97 Å². The van der Waals surface area contributed by atoms with Crippen LogP contribution in [0.1, 0.15) is 19.3 Å². The Hall–Kier alpha value is -2.01. The Morgan fingerprint density at radius 2 is 2.05 bits per heavy atom. The van der Waals surface area contributed by atoms with Crippen molar-refractivity contribution in [3.05, 3.63) is 36.7 Å². The van der Waals surface area contributed by atoms with E-state index in [4.69, 9.17) is 4.98 Å². The van der Waals surface area contributed by atoms with Gasteiger partial charge in [0.1, 0.15) is 0 Å². The van der Waals surface area contributed by atoms with E-state index in [0.717, 1.165) is 43.5 Å². The maximum Gasteiger partial charge on any atom is 0.225 e. The molecule has 2 aromatic heterocycles. The lowest BCUT2D eigenvalue weighted by Crippen LogP contribution is -2.45. The summed E-state index contributed by atoms with van der Waals surface area (Å²) in [6.07, 6.45) is 7.45. The fourth-order valence-corrected chi connectivity index (χ4v) is 3.68. The van der Waals surface area contributed by atoms with Gasteiger partial charge in [0.05, 0.1) is 11.4 Å². The first-order chi connectivity index (χ1) is 10.8. The van der Waals surface area contributed by atoms with E-state index in [2.05, 4.69) is 20.2 Å². The molecule has 4 rings (SSSR count). The molecule has 2 fully saturated rings. The first-order valence-corrected chi connectivity index (χ1v) is 8.05. The van der Waals surface area contributed by atoms with Crippen molar-refractivity contribution in [2.45, 2.75) is 19.3 Å². The fraction of sp³-hybridized carbons (Fsp3) is 0.471. The van der Waals surface area contributed by atoms with E-state index in [1.165, 1.54) is 19.3 Å². The van der Waals surface area contributed by atoms with Gasteiger partial charge >= 0.3 is 0 Å². The van der Waals surface area contributed by atoms with Crippen molar-refractivity contribution in [2.75, 3.05) is 31.1 Å². The zero-order valence-corrected chi connectivity index (χ0v) is 12.7. The average molecular weight is 295 g/mol. The van der Waals surface area contributed by atoms with Gasteiger partial charge < -0.3 is 10.2 Å². The zero-order chi connectivity index (χ0) is 14.8. The SMILES string of the molecule is c1ccc(-c2ccnc(N3CCC[C@]4(CCNC4)C3)n2)nc1. The molecule has 0 amide bonds. The van der Waals surface area contributed by atoms with Crippen molar-refractivity contribution >= 4 is 5.95 Å². The molecule has 5 heteroatoms. The topological polar surface area (TPSA) is 53.9 Å². The third kappa shape index (κ3) is 2.57. The Morgan fingerprint density at radius 3 is 2.86 bits per heavy atom. The predicted molar refractivity (Wildman–Crippen MR) is 86.6 cm³/mol. The molecule has 5 nitrogen and oxygen atoms in total. The Bertz CT molecular complexity index is 637. The van der Waals surface area contributed by atoms with Gasteiger partial charge in [-0.3, -0.25) is 4.98 Å². The smallest absolute Gasteiger partial charge is 0.225 e. The summed E-state index contributed by atoms with van der Waals surface area (Å²) in [6, 6.07) is 7.84. The first-order valence-electron chi connectivity index (χ1n) is 8.05. The average Bonchev–Trinajstić information content (AvgIpc) is 3.03. The summed E-state index contributed by atoms with van der Waals surface area (Å²) in [5, 5.41) is 3.51. The normalized spacial score (nSPS) is 24.8. The minimum Gasteiger partial charge on any atom is -0.340 e. The molecule has 1 spiro atoms. The van der Waals surface area contributed by atoms with Gasteiger partial charge in [-0.1, -0.05) is 6.07 Å². The third-order valence-corrected chi connectivity index (χ3v) is 4.85. The van der Waals surface area contributed by atoms with Crippen LogP contribution in [0, 0.1) is 5.41 Å². The third-order valence-electron chi connectivity index (χ3n) is 4.85. The molecule has 2 aliphatic rings. The number of anilines is 1. The van der Waals surface area contributed by atoms with E-state index in [9.17, 15) is 0 Å². The number of rotatable bonds is 2. The van der Waals surface area contributed by atoms with Crippen molar-refractivity contribution in [1.82, 2.24) is 20.3 Å². The Kier molecular flexibility index (Phi) is 3.50.